The molecule has 0 fully saturated rings. The highest BCUT2D eigenvalue weighted by Crippen LogP contribution is 2.47. The van der Waals surface area contributed by atoms with Crippen molar-refractivity contribution in [1.82, 2.24) is 0 Å². The molecule has 174 valence electrons. The van der Waals surface area contributed by atoms with Gasteiger partial charge in [-0.25, -0.2) is 4.98 Å². The Morgan fingerprint density at radius 1 is 0.594 bits per heavy atom. The summed E-state index contributed by atoms with van der Waals surface area (Å²) in [5, 5.41) is 19.5. The molecule has 2 aromatic carbocycles. The van der Waals surface area contributed by atoms with E-state index in [1.54, 1.807) is 0 Å². The van der Waals surface area contributed by atoms with Gasteiger partial charge < -0.3 is 10.2 Å². The molecule has 0 radical (unpaired) electrons. The van der Waals surface area contributed by atoms with E-state index in [2.05, 4.69) is 24.0 Å². The summed E-state index contributed by atoms with van der Waals surface area (Å²) < 4.78 is 0. The van der Waals surface area contributed by atoms with Crippen molar-refractivity contribution in [2.24, 2.45) is 0 Å². The van der Waals surface area contributed by atoms with Crippen molar-refractivity contribution >= 4 is 116 Å². The molecule has 0 unspecified atom stereocenters. The second-order valence-electron chi connectivity index (χ2n) is 5.87. The highest BCUT2D eigenvalue weighted by atomic mass is 35.5. The third-order valence-electron chi connectivity index (χ3n) is 3.48. The first kappa shape index (κ1) is 30.1. The third-order valence-corrected chi connectivity index (χ3v) is 7.98. The highest BCUT2D eigenvalue weighted by molar-refractivity contribution is 6.56. The molecule has 32 heavy (non-hydrogen) atoms. The van der Waals surface area contributed by atoms with E-state index in [-0.39, 0.29) is 56.0 Å². The molecule has 0 bridgehead atoms. The molecule has 1 aromatic heterocycles. The van der Waals surface area contributed by atoms with Crippen molar-refractivity contribution < 1.29 is 15.2 Å². The van der Waals surface area contributed by atoms with Crippen molar-refractivity contribution in [3.05, 3.63) is 79.8 Å². The van der Waals surface area contributed by atoms with Gasteiger partial charge in [0.05, 0.1) is 40.2 Å². The number of phenols is 1. The molecule has 2 N–H and O–H groups in total. The minimum Gasteiger partial charge on any atom is -0.870 e. The number of benzene rings is 2. The standard InChI is InChI=1S/C7H9N.2C6HCl5O/c1-6-3-4-7(2)8-5-6;2*7-1-2(8)4(10)6(12)5(11)3(1)9/h3-5H,1-2H3;2*12H. The lowest BCUT2D eigenvalue weighted by Crippen LogP contribution is -2.05. The molecular formula is C19H11Cl10NO2. The molecule has 13 heteroatoms. The number of rotatable bonds is 0. The van der Waals surface area contributed by atoms with Crippen LogP contribution in [0.25, 0.3) is 0 Å². The van der Waals surface area contributed by atoms with Crippen LogP contribution in [0.15, 0.2) is 18.3 Å². The maximum Gasteiger partial charge on any atom is 0.176 e. The monoisotopic (exact) mass is 635 g/mol. The normalized spacial score (nSPS) is 10.1. The Morgan fingerprint density at radius 2 is 0.938 bits per heavy atom. The first-order chi connectivity index (χ1) is 14.7. The second kappa shape index (κ2) is 13.3. The summed E-state index contributed by atoms with van der Waals surface area (Å²) in [6.07, 6.45) is 2.00. The molecule has 0 aliphatic carbocycles. The third kappa shape index (κ3) is 7.55. The zero-order chi connectivity index (χ0) is 24.9. The van der Waals surface area contributed by atoms with E-state index in [1.165, 1.54) is 11.3 Å². The lowest BCUT2D eigenvalue weighted by Gasteiger charge is -2.14. The summed E-state index contributed by atoms with van der Waals surface area (Å²) in [6, 6.07) is 4.15. The molecule has 0 aliphatic heterocycles. The summed E-state index contributed by atoms with van der Waals surface area (Å²) >= 11 is 55.6. The number of hydrogen-bond donors (Lipinski definition) is 1. The molecule has 3 rings (SSSR count). The minimum atomic E-state index is -0.613. The lowest BCUT2D eigenvalue weighted by atomic mass is 10.3. The fourth-order valence-corrected chi connectivity index (χ4v) is 4.01. The lowest BCUT2D eigenvalue weighted by molar-refractivity contribution is -0.388. The zero-order valence-electron chi connectivity index (χ0n) is 15.9. The Hall–Kier alpha value is 0.0900. The summed E-state index contributed by atoms with van der Waals surface area (Å²) in [7, 11) is 0. The van der Waals surface area contributed by atoms with Crippen molar-refractivity contribution in [2.45, 2.75) is 13.8 Å². The molecule has 0 spiro atoms. The Bertz CT molecular complexity index is 822. The topological polar surface area (TPSA) is 57.4 Å². The van der Waals surface area contributed by atoms with E-state index < -0.39 is 5.75 Å². The number of aromatic amines is 1. The predicted molar refractivity (Wildman–Crippen MR) is 137 cm³/mol. The predicted octanol–water partition coefficient (Wildman–Crippen LogP) is 9.80. The highest BCUT2D eigenvalue weighted by Gasteiger charge is 2.18. The number of hydrogen-bond acceptors (Lipinski definition) is 2. The van der Waals surface area contributed by atoms with Gasteiger partial charge in [0.2, 0.25) is 0 Å². The first-order valence-corrected chi connectivity index (χ1v) is 11.8. The molecule has 3 aromatic rings. The Balaban J connectivity index is 0.000000245. The van der Waals surface area contributed by atoms with Gasteiger partial charge in [0.25, 0.3) is 0 Å². The van der Waals surface area contributed by atoms with Gasteiger partial charge in [0.1, 0.15) is 10.0 Å². The summed E-state index contributed by atoms with van der Waals surface area (Å²) in [6.45, 7) is 4.11. The number of aryl methyl sites for hydroxylation is 2. The van der Waals surface area contributed by atoms with Crippen LogP contribution in [0.2, 0.25) is 50.2 Å². The van der Waals surface area contributed by atoms with Crippen molar-refractivity contribution in [3.63, 3.8) is 0 Å². The maximum atomic E-state index is 11.1. The average Bonchev–Trinajstić information content (AvgIpc) is 2.79. The van der Waals surface area contributed by atoms with Gasteiger partial charge in [0, 0.05) is 18.6 Å². The van der Waals surface area contributed by atoms with Crippen molar-refractivity contribution in [3.8, 4) is 11.5 Å². The van der Waals surface area contributed by atoms with Crippen molar-refractivity contribution in [2.75, 3.05) is 0 Å². The fourth-order valence-electron chi connectivity index (χ4n) is 1.76. The van der Waals surface area contributed by atoms with Crippen LogP contribution in [0.4, 0.5) is 0 Å². The van der Waals surface area contributed by atoms with Crippen LogP contribution < -0.4 is 10.1 Å². The minimum absolute atomic E-state index is 0.00654. The number of H-pyrrole nitrogens is 1. The van der Waals surface area contributed by atoms with Crippen molar-refractivity contribution in [1.29, 1.82) is 0 Å². The van der Waals surface area contributed by atoms with E-state index in [1.807, 2.05) is 13.1 Å². The van der Waals surface area contributed by atoms with E-state index in [4.69, 9.17) is 116 Å². The van der Waals surface area contributed by atoms with Gasteiger partial charge in [-0.1, -0.05) is 122 Å². The molecule has 0 aliphatic rings. The molecule has 0 amide bonds. The summed E-state index contributed by atoms with van der Waals surface area (Å²) in [5.41, 5.74) is 2.48. The number of aromatic nitrogens is 1. The van der Waals surface area contributed by atoms with Gasteiger partial charge in [0.15, 0.2) is 17.6 Å². The van der Waals surface area contributed by atoms with Crippen LogP contribution in [-0.2, 0) is 0 Å². The maximum absolute atomic E-state index is 11.1. The number of halogens is 10. The van der Waals surface area contributed by atoms with Gasteiger partial charge >= 0.3 is 0 Å². The van der Waals surface area contributed by atoms with Crippen LogP contribution in [0.5, 0.6) is 11.5 Å². The fraction of sp³-hybridized carbons (Fsp3) is 0.105. The number of nitrogens with one attached hydrogen (secondary N) is 1. The number of phenolic OH excluding ortho intramolecular Hbond substituents is 1. The van der Waals surface area contributed by atoms with E-state index >= 15 is 0 Å². The molecular weight excluding hydrogens is 629 g/mol. The van der Waals surface area contributed by atoms with Crippen LogP contribution in [-0.4, -0.2) is 5.11 Å². The van der Waals surface area contributed by atoms with E-state index in [9.17, 15) is 10.2 Å². The Kier molecular flexibility index (Phi) is 12.5. The van der Waals surface area contributed by atoms with Crippen LogP contribution in [0, 0.1) is 13.8 Å². The number of aromatic hydroxyl groups is 1. The Morgan fingerprint density at radius 3 is 1.25 bits per heavy atom. The van der Waals surface area contributed by atoms with E-state index in [0.29, 0.717) is 0 Å². The molecule has 0 saturated heterocycles. The van der Waals surface area contributed by atoms with Gasteiger partial charge in [-0.05, 0) is 13.0 Å². The first-order valence-electron chi connectivity index (χ1n) is 8.06. The Labute approximate surface area is 234 Å². The average molecular weight is 640 g/mol. The van der Waals surface area contributed by atoms with Crippen LogP contribution in [0.1, 0.15) is 11.3 Å². The summed E-state index contributed by atoms with van der Waals surface area (Å²) in [5.74, 6) is -0.976. The molecule has 0 saturated carbocycles. The van der Waals surface area contributed by atoms with Gasteiger partial charge in [-0.15, -0.1) is 0 Å². The molecule has 3 nitrogen and oxygen atoms in total. The molecule has 0 atom stereocenters. The zero-order valence-corrected chi connectivity index (χ0v) is 23.4. The van der Waals surface area contributed by atoms with E-state index in [0.717, 1.165) is 0 Å². The van der Waals surface area contributed by atoms with Gasteiger partial charge in [-0.3, -0.25) is 0 Å². The summed E-state index contributed by atoms with van der Waals surface area (Å²) in [4.78, 5) is 3.10. The SMILES string of the molecule is Cc1ccc(C)[nH+]c1.Oc1c(Cl)c(Cl)c(Cl)c(Cl)c1Cl.[O-]c1c(Cl)c(Cl)c(Cl)c(Cl)c1Cl. The van der Waals surface area contributed by atoms with Gasteiger partial charge in [-0.2, -0.15) is 0 Å². The van der Waals surface area contributed by atoms with Crippen LogP contribution >= 0.6 is 116 Å². The largest absolute Gasteiger partial charge is 0.870 e. The second-order valence-corrected chi connectivity index (χ2v) is 9.65. The smallest absolute Gasteiger partial charge is 0.176 e. The quantitative estimate of drug-likeness (QED) is 0.197. The van der Waals surface area contributed by atoms with Crippen LogP contribution in [0.3, 0.4) is 0 Å². The number of pyridine rings is 1. The molecule has 1 heterocycles.